The zero-order valence-corrected chi connectivity index (χ0v) is 10.4. The van der Waals surface area contributed by atoms with E-state index in [2.05, 4.69) is 5.32 Å². The van der Waals surface area contributed by atoms with Crippen molar-refractivity contribution in [3.63, 3.8) is 0 Å². The molecule has 1 aliphatic heterocycles. The lowest BCUT2D eigenvalue weighted by molar-refractivity contribution is -0.123. The summed E-state index contributed by atoms with van der Waals surface area (Å²) in [5.74, 6) is 0.671. The average Bonchev–Trinajstić information content (AvgIpc) is 2.35. The predicted molar refractivity (Wildman–Crippen MR) is 64.0 cm³/mol. The Labute approximate surface area is 97.9 Å². The van der Waals surface area contributed by atoms with E-state index >= 15 is 0 Å². The minimum absolute atomic E-state index is 0.0278. The maximum atomic E-state index is 11.7. The Balaban J connectivity index is 2.23. The number of carbonyl (C=O) groups excluding carboxylic acids is 1. The second-order valence-corrected chi connectivity index (χ2v) is 4.74. The molecule has 4 heteroatoms. The Morgan fingerprint density at radius 1 is 1.62 bits per heavy atom. The van der Waals surface area contributed by atoms with E-state index in [9.17, 15) is 4.79 Å². The molecule has 1 fully saturated rings. The highest BCUT2D eigenvalue weighted by atomic mass is 16.5. The molecule has 0 aromatic rings. The van der Waals surface area contributed by atoms with E-state index < -0.39 is 0 Å². The molecule has 94 valence electrons. The van der Waals surface area contributed by atoms with Crippen molar-refractivity contribution in [2.75, 3.05) is 19.8 Å². The van der Waals surface area contributed by atoms with Crippen LogP contribution in [0.15, 0.2) is 0 Å². The molecule has 1 rings (SSSR count). The zero-order chi connectivity index (χ0) is 12.0. The number of nitrogens with one attached hydrogen (secondary N) is 1. The van der Waals surface area contributed by atoms with Crippen LogP contribution in [0.2, 0.25) is 0 Å². The molecule has 0 aromatic heterocycles. The second-order valence-electron chi connectivity index (χ2n) is 4.74. The molecule has 16 heavy (non-hydrogen) atoms. The van der Waals surface area contributed by atoms with Gasteiger partial charge in [0.05, 0.1) is 12.6 Å². The number of ether oxygens (including phenoxy) is 1. The lowest BCUT2D eigenvalue weighted by Gasteiger charge is -2.24. The predicted octanol–water partition coefficient (Wildman–Crippen LogP) is 0.903. The molecule has 0 aliphatic carbocycles. The Bertz CT molecular complexity index is 215. The van der Waals surface area contributed by atoms with Crippen molar-refractivity contribution >= 4 is 5.91 Å². The molecule has 3 atom stereocenters. The molecule has 0 radical (unpaired) electrons. The zero-order valence-electron chi connectivity index (χ0n) is 10.4. The van der Waals surface area contributed by atoms with Crippen molar-refractivity contribution in [3.8, 4) is 0 Å². The molecule has 1 amide bonds. The number of carbonyl (C=O) groups is 1. The van der Waals surface area contributed by atoms with Gasteiger partial charge in [-0.2, -0.15) is 0 Å². The van der Waals surface area contributed by atoms with Crippen molar-refractivity contribution in [2.24, 2.45) is 17.6 Å². The molecule has 1 heterocycles. The standard InChI is InChI=1S/C12H24N2O2/c1-3-9(2)11(13)12(15)14-7-10-5-4-6-16-8-10/h9-11H,3-8,13H2,1-2H3,(H,14,15)/t9?,10?,11-/m0/s1. The lowest BCUT2D eigenvalue weighted by Crippen LogP contribution is -2.46. The summed E-state index contributed by atoms with van der Waals surface area (Å²) in [5, 5.41) is 2.92. The van der Waals surface area contributed by atoms with Gasteiger partial charge < -0.3 is 15.8 Å². The summed E-state index contributed by atoms with van der Waals surface area (Å²) in [6.07, 6.45) is 3.16. The van der Waals surface area contributed by atoms with Crippen LogP contribution in [-0.4, -0.2) is 31.7 Å². The quantitative estimate of drug-likeness (QED) is 0.735. The van der Waals surface area contributed by atoms with Crippen molar-refractivity contribution in [2.45, 2.75) is 39.2 Å². The number of hydrogen-bond acceptors (Lipinski definition) is 3. The van der Waals surface area contributed by atoms with Gasteiger partial charge >= 0.3 is 0 Å². The van der Waals surface area contributed by atoms with E-state index in [0.29, 0.717) is 12.5 Å². The molecule has 0 bridgehead atoms. The molecular formula is C12H24N2O2. The van der Waals surface area contributed by atoms with Crippen LogP contribution in [0.1, 0.15) is 33.1 Å². The van der Waals surface area contributed by atoms with Crippen LogP contribution in [0.4, 0.5) is 0 Å². The summed E-state index contributed by atoms with van der Waals surface area (Å²) in [6, 6.07) is -0.380. The van der Waals surface area contributed by atoms with Crippen molar-refractivity contribution < 1.29 is 9.53 Å². The third-order valence-electron chi connectivity index (χ3n) is 3.38. The van der Waals surface area contributed by atoms with E-state index in [1.165, 1.54) is 0 Å². The Morgan fingerprint density at radius 3 is 2.94 bits per heavy atom. The van der Waals surface area contributed by atoms with Crippen LogP contribution in [0.25, 0.3) is 0 Å². The summed E-state index contributed by atoms with van der Waals surface area (Å²) >= 11 is 0. The molecule has 0 spiro atoms. The molecule has 1 saturated heterocycles. The number of nitrogens with two attached hydrogens (primary N) is 1. The van der Waals surface area contributed by atoms with E-state index in [-0.39, 0.29) is 17.9 Å². The lowest BCUT2D eigenvalue weighted by atomic mass is 9.98. The highest BCUT2D eigenvalue weighted by molar-refractivity contribution is 5.81. The summed E-state index contributed by atoms with van der Waals surface area (Å²) in [4.78, 5) is 11.7. The number of rotatable bonds is 5. The largest absolute Gasteiger partial charge is 0.381 e. The summed E-state index contributed by atoms with van der Waals surface area (Å²) in [6.45, 7) is 6.37. The van der Waals surface area contributed by atoms with Crippen LogP contribution in [0.5, 0.6) is 0 Å². The topological polar surface area (TPSA) is 64.4 Å². The van der Waals surface area contributed by atoms with Crippen LogP contribution < -0.4 is 11.1 Å². The van der Waals surface area contributed by atoms with Crippen LogP contribution in [0, 0.1) is 11.8 Å². The normalized spacial score (nSPS) is 24.8. The summed E-state index contributed by atoms with van der Waals surface area (Å²) in [7, 11) is 0. The Kier molecular flexibility index (Phi) is 5.77. The Hall–Kier alpha value is -0.610. The van der Waals surface area contributed by atoms with Crippen LogP contribution in [0.3, 0.4) is 0 Å². The van der Waals surface area contributed by atoms with E-state index in [1.807, 2.05) is 13.8 Å². The van der Waals surface area contributed by atoms with Crippen LogP contribution in [-0.2, 0) is 9.53 Å². The van der Waals surface area contributed by atoms with Gasteiger partial charge in [-0.15, -0.1) is 0 Å². The van der Waals surface area contributed by atoms with Gasteiger partial charge in [0.1, 0.15) is 0 Å². The number of amides is 1. The first-order valence-corrected chi connectivity index (χ1v) is 6.26. The van der Waals surface area contributed by atoms with Gasteiger partial charge in [0, 0.05) is 13.2 Å². The maximum absolute atomic E-state index is 11.7. The van der Waals surface area contributed by atoms with E-state index in [1.54, 1.807) is 0 Å². The van der Waals surface area contributed by atoms with Gasteiger partial charge in [-0.3, -0.25) is 4.79 Å². The first-order valence-electron chi connectivity index (χ1n) is 6.26. The molecule has 1 aliphatic rings. The summed E-state index contributed by atoms with van der Waals surface area (Å²) < 4.78 is 5.36. The first kappa shape index (κ1) is 13.5. The third-order valence-corrected chi connectivity index (χ3v) is 3.38. The molecule has 4 nitrogen and oxygen atoms in total. The fourth-order valence-electron chi connectivity index (χ4n) is 1.84. The molecule has 2 unspecified atom stereocenters. The first-order chi connectivity index (χ1) is 7.65. The highest BCUT2D eigenvalue weighted by Crippen LogP contribution is 2.12. The molecule has 0 aromatic carbocycles. The molecule has 3 N–H and O–H groups in total. The summed E-state index contributed by atoms with van der Waals surface area (Å²) in [5.41, 5.74) is 5.84. The van der Waals surface area contributed by atoms with Crippen molar-refractivity contribution in [1.29, 1.82) is 0 Å². The molecule has 0 saturated carbocycles. The number of hydrogen-bond donors (Lipinski definition) is 2. The van der Waals surface area contributed by atoms with Gasteiger partial charge in [0.15, 0.2) is 0 Å². The minimum Gasteiger partial charge on any atom is -0.381 e. The smallest absolute Gasteiger partial charge is 0.237 e. The van der Waals surface area contributed by atoms with Gasteiger partial charge in [-0.05, 0) is 24.7 Å². The SMILES string of the molecule is CCC(C)[C@H](N)C(=O)NCC1CCCOC1. The maximum Gasteiger partial charge on any atom is 0.237 e. The fourth-order valence-corrected chi connectivity index (χ4v) is 1.84. The monoisotopic (exact) mass is 228 g/mol. The van der Waals surface area contributed by atoms with Crippen molar-refractivity contribution in [3.05, 3.63) is 0 Å². The third kappa shape index (κ3) is 4.10. The average molecular weight is 228 g/mol. The van der Waals surface area contributed by atoms with Gasteiger partial charge in [-0.25, -0.2) is 0 Å². The van der Waals surface area contributed by atoms with Crippen LogP contribution >= 0.6 is 0 Å². The second kappa shape index (κ2) is 6.86. The van der Waals surface area contributed by atoms with Gasteiger partial charge in [0.25, 0.3) is 0 Å². The van der Waals surface area contributed by atoms with Gasteiger partial charge in [-0.1, -0.05) is 20.3 Å². The van der Waals surface area contributed by atoms with Gasteiger partial charge in [0.2, 0.25) is 5.91 Å². The molecular weight excluding hydrogens is 204 g/mol. The van der Waals surface area contributed by atoms with E-state index in [4.69, 9.17) is 10.5 Å². The highest BCUT2D eigenvalue weighted by Gasteiger charge is 2.21. The van der Waals surface area contributed by atoms with E-state index in [0.717, 1.165) is 32.5 Å². The van der Waals surface area contributed by atoms with Crippen molar-refractivity contribution in [1.82, 2.24) is 5.32 Å². The Morgan fingerprint density at radius 2 is 2.38 bits per heavy atom. The fraction of sp³-hybridized carbons (Fsp3) is 0.917. The minimum atomic E-state index is -0.380.